The molecular formula is C16H28N2O3. The van der Waals surface area contributed by atoms with Crippen molar-refractivity contribution in [1.29, 1.82) is 0 Å². The van der Waals surface area contributed by atoms with Crippen molar-refractivity contribution in [1.82, 2.24) is 10.6 Å². The molecule has 0 aromatic heterocycles. The molecule has 0 spiro atoms. The number of nitrogens with one attached hydrogen (secondary N) is 2. The van der Waals surface area contributed by atoms with E-state index < -0.39 is 11.5 Å². The molecule has 0 saturated heterocycles. The van der Waals surface area contributed by atoms with Gasteiger partial charge in [-0.2, -0.15) is 0 Å². The Morgan fingerprint density at radius 2 is 1.76 bits per heavy atom. The normalized spacial score (nSPS) is 23.5. The van der Waals surface area contributed by atoms with Gasteiger partial charge < -0.3 is 15.7 Å². The van der Waals surface area contributed by atoms with Crippen LogP contribution in [0.2, 0.25) is 0 Å². The number of carbonyl (C=O) groups excluding carboxylic acids is 1. The molecule has 1 atom stereocenters. The van der Waals surface area contributed by atoms with Gasteiger partial charge in [-0.05, 0) is 38.5 Å². The van der Waals surface area contributed by atoms with Crippen LogP contribution in [0.3, 0.4) is 0 Å². The van der Waals surface area contributed by atoms with Gasteiger partial charge in [0.1, 0.15) is 0 Å². The summed E-state index contributed by atoms with van der Waals surface area (Å²) in [7, 11) is 0. The molecule has 2 saturated carbocycles. The highest BCUT2D eigenvalue weighted by atomic mass is 16.4. The summed E-state index contributed by atoms with van der Waals surface area (Å²) in [6, 6.07) is -0.0319. The summed E-state index contributed by atoms with van der Waals surface area (Å²) in [5, 5.41) is 15.1. The van der Waals surface area contributed by atoms with Gasteiger partial charge in [0.2, 0.25) is 0 Å². The van der Waals surface area contributed by atoms with E-state index in [1.165, 1.54) is 25.7 Å². The van der Waals surface area contributed by atoms with Crippen LogP contribution >= 0.6 is 0 Å². The Hall–Kier alpha value is -1.26. The van der Waals surface area contributed by atoms with E-state index in [1.807, 2.05) is 0 Å². The first-order chi connectivity index (χ1) is 10.0. The second-order valence-corrected chi connectivity index (χ2v) is 6.84. The molecule has 0 heterocycles. The molecule has 0 bridgehead atoms. The molecule has 5 heteroatoms. The van der Waals surface area contributed by atoms with Gasteiger partial charge in [-0.1, -0.05) is 32.1 Å². The predicted octanol–water partition coefficient (Wildman–Crippen LogP) is 3.04. The number of amides is 2. The fraction of sp³-hybridized carbons (Fsp3) is 0.875. The molecular weight excluding hydrogens is 268 g/mol. The molecule has 2 amide bonds. The smallest absolute Gasteiger partial charge is 0.315 e. The van der Waals surface area contributed by atoms with Gasteiger partial charge in [0.25, 0.3) is 0 Å². The lowest BCUT2D eigenvalue weighted by molar-refractivity contribution is -0.139. The molecule has 0 aromatic carbocycles. The zero-order chi connectivity index (χ0) is 15.3. The van der Waals surface area contributed by atoms with Gasteiger partial charge in [0, 0.05) is 6.04 Å². The summed E-state index contributed by atoms with van der Waals surface area (Å²) in [5.74, 6) is -0.265. The van der Waals surface area contributed by atoms with Crippen LogP contribution in [0, 0.1) is 5.92 Å². The molecule has 120 valence electrons. The minimum Gasteiger partial charge on any atom is -0.481 e. The molecule has 0 aromatic rings. The molecule has 21 heavy (non-hydrogen) atoms. The number of rotatable bonds is 5. The van der Waals surface area contributed by atoms with Crippen molar-refractivity contribution in [2.24, 2.45) is 5.92 Å². The first-order valence-corrected chi connectivity index (χ1v) is 8.31. The topological polar surface area (TPSA) is 78.4 Å². The van der Waals surface area contributed by atoms with Crippen LogP contribution in [-0.2, 0) is 4.79 Å². The first-order valence-electron chi connectivity index (χ1n) is 8.31. The highest BCUT2D eigenvalue weighted by molar-refractivity contribution is 5.77. The van der Waals surface area contributed by atoms with Crippen molar-refractivity contribution in [2.75, 3.05) is 0 Å². The molecule has 0 radical (unpaired) electrons. The molecule has 3 N–H and O–H groups in total. The molecule has 1 unspecified atom stereocenters. The minimum atomic E-state index is -0.832. The summed E-state index contributed by atoms with van der Waals surface area (Å²) >= 11 is 0. The third kappa shape index (κ3) is 4.61. The van der Waals surface area contributed by atoms with E-state index in [4.69, 9.17) is 5.11 Å². The molecule has 0 aliphatic heterocycles. The maximum Gasteiger partial charge on any atom is 0.315 e. The van der Waals surface area contributed by atoms with E-state index in [9.17, 15) is 9.59 Å². The molecule has 2 rings (SSSR count). The number of hydrogen-bond donors (Lipinski definition) is 3. The Morgan fingerprint density at radius 1 is 1.14 bits per heavy atom. The van der Waals surface area contributed by atoms with E-state index in [2.05, 4.69) is 17.6 Å². The largest absolute Gasteiger partial charge is 0.481 e. The molecule has 2 aliphatic rings. The fourth-order valence-electron chi connectivity index (χ4n) is 3.92. The van der Waals surface area contributed by atoms with Crippen molar-refractivity contribution in [2.45, 2.75) is 82.7 Å². The van der Waals surface area contributed by atoms with Gasteiger partial charge >= 0.3 is 12.0 Å². The van der Waals surface area contributed by atoms with Crippen molar-refractivity contribution in [3.8, 4) is 0 Å². The molecule has 2 aliphatic carbocycles. The van der Waals surface area contributed by atoms with Crippen molar-refractivity contribution < 1.29 is 14.7 Å². The highest BCUT2D eigenvalue weighted by Gasteiger charge is 2.36. The van der Waals surface area contributed by atoms with Crippen molar-refractivity contribution >= 4 is 12.0 Å². The second kappa shape index (κ2) is 7.14. The SMILES string of the molecule is CC(NC(=O)NC1(CC(=O)O)CCCCC1)C1CCCC1. The number of carbonyl (C=O) groups is 2. The van der Waals surface area contributed by atoms with Gasteiger partial charge in [-0.25, -0.2) is 4.79 Å². The van der Waals surface area contributed by atoms with Crippen LogP contribution in [0.4, 0.5) is 4.79 Å². The Bertz CT molecular complexity index is 372. The Labute approximate surface area is 126 Å². The highest BCUT2D eigenvalue weighted by Crippen LogP contribution is 2.31. The fourth-order valence-corrected chi connectivity index (χ4v) is 3.92. The van der Waals surface area contributed by atoms with E-state index in [-0.39, 0.29) is 18.5 Å². The predicted molar refractivity (Wildman–Crippen MR) is 81.2 cm³/mol. The van der Waals surface area contributed by atoms with Crippen LogP contribution in [0.15, 0.2) is 0 Å². The van der Waals surface area contributed by atoms with Gasteiger partial charge in [-0.15, -0.1) is 0 Å². The minimum absolute atomic E-state index is 0.0260. The number of carboxylic acids is 1. The van der Waals surface area contributed by atoms with Crippen LogP contribution in [0.5, 0.6) is 0 Å². The van der Waals surface area contributed by atoms with Crippen LogP contribution in [0.25, 0.3) is 0 Å². The van der Waals surface area contributed by atoms with Crippen LogP contribution < -0.4 is 10.6 Å². The third-order valence-electron chi connectivity index (χ3n) is 5.14. The van der Waals surface area contributed by atoms with E-state index in [1.54, 1.807) is 0 Å². The monoisotopic (exact) mass is 296 g/mol. The summed E-state index contributed by atoms with van der Waals surface area (Å²) in [6.07, 6.45) is 9.54. The number of urea groups is 1. The quantitative estimate of drug-likeness (QED) is 0.729. The summed E-state index contributed by atoms with van der Waals surface area (Å²) in [4.78, 5) is 23.4. The summed E-state index contributed by atoms with van der Waals surface area (Å²) in [5.41, 5.74) is -0.552. The summed E-state index contributed by atoms with van der Waals surface area (Å²) in [6.45, 7) is 2.06. The van der Waals surface area contributed by atoms with Gasteiger partial charge in [0.05, 0.1) is 12.0 Å². The van der Waals surface area contributed by atoms with E-state index in [0.29, 0.717) is 5.92 Å². The van der Waals surface area contributed by atoms with Crippen LogP contribution in [-0.4, -0.2) is 28.7 Å². The van der Waals surface area contributed by atoms with Crippen LogP contribution in [0.1, 0.15) is 71.1 Å². The van der Waals surface area contributed by atoms with E-state index >= 15 is 0 Å². The van der Waals surface area contributed by atoms with Gasteiger partial charge in [0.15, 0.2) is 0 Å². The molecule has 2 fully saturated rings. The first kappa shape index (κ1) is 16.1. The molecule has 5 nitrogen and oxygen atoms in total. The van der Waals surface area contributed by atoms with E-state index in [0.717, 1.165) is 32.1 Å². The Balaban J connectivity index is 1.89. The zero-order valence-corrected chi connectivity index (χ0v) is 13.0. The maximum atomic E-state index is 12.2. The Morgan fingerprint density at radius 3 is 2.33 bits per heavy atom. The number of aliphatic carboxylic acids is 1. The number of carboxylic acid groups (broad SMARTS) is 1. The van der Waals surface area contributed by atoms with Crippen molar-refractivity contribution in [3.05, 3.63) is 0 Å². The third-order valence-corrected chi connectivity index (χ3v) is 5.14. The second-order valence-electron chi connectivity index (χ2n) is 6.84. The lowest BCUT2D eigenvalue weighted by Gasteiger charge is -2.37. The van der Waals surface area contributed by atoms with Crippen molar-refractivity contribution in [3.63, 3.8) is 0 Å². The standard InChI is InChI=1S/C16H28N2O3/c1-12(13-7-3-4-8-13)17-15(21)18-16(11-14(19)20)9-5-2-6-10-16/h12-13H,2-11H2,1H3,(H,19,20)(H2,17,18,21). The lowest BCUT2D eigenvalue weighted by Crippen LogP contribution is -2.56. The lowest BCUT2D eigenvalue weighted by atomic mass is 9.79. The average molecular weight is 296 g/mol. The summed E-state index contributed by atoms with van der Waals surface area (Å²) < 4.78 is 0. The maximum absolute atomic E-state index is 12.2. The zero-order valence-electron chi connectivity index (χ0n) is 13.0. The average Bonchev–Trinajstić information content (AvgIpc) is 2.92. The van der Waals surface area contributed by atoms with Gasteiger partial charge in [-0.3, -0.25) is 4.79 Å². The number of hydrogen-bond acceptors (Lipinski definition) is 2. The Kier molecular flexibility index (Phi) is 5.48.